The molecule has 0 saturated carbocycles. The number of fused-ring (bicyclic) bond motifs is 1. The summed E-state index contributed by atoms with van der Waals surface area (Å²) < 4.78 is 0. The van der Waals surface area contributed by atoms with E-state index in [2.05, 4.69) is 15.6 Å². The van der Waals surface area contributed by atoms with Crippen LogP contribution in [-0.2, 0) is 11.2 Å². The Bertz CT molecular complexity index is 654. The monoisotopic (exact) mass is 309 g/mol. The molecule has 0 unspecified atom stereocenters. The molecule has 0 spiro atoms. The van der Waals surface area contributed by atoms with Crippen molar-refractivity contribution < 1.29 is 14.7 Å². The molecule has 1 heterocycles. The Morgan fingerprint density at radius 1 is 1.24 bits per heavy atom. The number of benzene rings is 1. The molecule has 2 amide bonds. The number of aliphatic carboxylic acids is 1. The van der Waals surface area contributed by atoms with Crippen LogP contribution in [0.3, 0.4) is 0 Å². The number of rotatable bonds is 6. The fourth-order valence-electron chi connectivity index (χ4n) is 2.01. The van der Waals surface area contributed by atoms with E-state index in [1.807, 2.05) is 24.4 Å². The molecule has 0 atom stereocenters. The smallest absolute Gasteiger partial charge is 0.314 e. The molecular formula is C14H16ClN3O3. The molecule has 6 nitrogen and oxygen atoms in total. The number of amides is 2. The highest BCUT2D eigenvalue weighted by Crippen LogP contribution is 2.22. The van der Waals surface area contributed by atoms with E-state index < -0.39 is 5.97 Å². The van der Waals surface area contributed by atoms with Crippen LogP contribution < -0.4 is 10.6 Å². The predicted molar refractivity (Wildman–Crippen MR) is 80.7 cm³/mol. The van der Waals surface area contributed by atoms with E-state index in [9.17, 15) is 9.59 Å². The first kappa shape index (κ1) is 15.2. The number of nitrogens with one attached hydrogen (secondary N) is 3. The molecule has 2 rings (SSSR count). The molecule has 0 bridgehead atoms. The summed E-state index contributed by atoms with van der Waals surface area (Å²) in [6, 6.07) is 5.25. The molecule has 7 heteroatoms. The summed E-state index contributed by atoms with van der Waals surface area (Å²) in [5, 5.41) is 15.3. The number of carbonyl (C=O) groups is 2. The third-order valence-electron chi connectivity index (χ3n) is 3.03. The van der Waals surface area contributed by atoms with Crippen molar-refractivity contribution in [2.45, 2.75) is 12.8 Å². The molecule has 0 aliphatic carbocycles. The van der Waals surface area contributed by atoms with Crippen molar-refractivity contribution in [3.63, 3.8) is 0 Å². The van der Waals surface area contributed by atoms with Crippen LogP contribution in [0.1, 0.15) is 12.0 Å². The molecule has 0 radical (unpaired) electrons. The molecule has 0 saturated heterocycles. The average Bonchev–Trinajstić information content (AvgIpc) is 2.81. The molecule has 0 fully saturated rings. The van der Waals surface area contributed by atoms with Crippen molar-refractivity contribution in [1.29, 1.82) is 0 Å². The normalized spacial score (nSPS) is 10.5. The van der Waals surface area contributed by atoms with Crippen molar-refractivity contribution in [1.82, 2.24) is 15.6 Å². The Balaban J connectivity index is 1.81. The summed E-state index contributed by atoms with van der Waals surface area (Å²) in [4.78, 5) is 24.9. The van der Waals surface area contributed by atoms with Crippen LogP contribution in [-0.4, -0.2) is 35.2 Å². The van der Waals surface area contributed by atoms with Gasteiger partial charge in [0, 0.05) is 35.2 Å². The zero-order valence-electron chi connectivity index (χ0n) is 11.3. The van der Waals surface area contributed by atoms with Gasteiger partial charge in [-0.25, -0.2) is 4.79 Å². The van der Waals surface area contributed by atoms with Gasteiger partial charge in [0.25, 0.3) is 0 Å². The van der Waals surface area contributed by atoms with Gasteiger partial charge in [-0.15, -0.1) is 0 Å². The van der Waals surface area contributed by atoms with Crippen LogP contribution in [0.5, 0.6) is 0 Å². The highest BCUT2D eigenvalue weighted by molar-refractivity contribution is 6.31. The number of hydrogen-bond donors (Lipinski definition) is 4. The number of aromatic amines is 1. The van der Waals surface area contributed by atoms with Crippen LogP contribution in [0.15, 0.2) is 24.4 Å². The van der Waals surface area contributed by atoms with E-state index in [4.69, 9.17) is 16.7 Å². The number of urea groups is 1. The average molecular weight is 310 g/mol. The Hall–Kier alpha value is -2.21. The number of carboxylic acids is 1. The summed E-state index contributed by atoms with van der Waals surface area (Å²) in [5.41, 5.74) is 2.07. The van der Waals surface area contributed by atoms with E-state index in [0.717, 1.165) is 16.5 Å². The summed E-state index contributed by atoms with van der Waals surface area (Å²) in [6.07, 6.45) is 2.46. The van der Waals surface area contributed by atoms with E-state index in [1.54, 1.807) is 0 Å². The third kappa shape index (κ3) is 4.39. The van der Waals surface area contributed by atoms with Crippen LogP contribution in [0, 0.1) is 0 Å². The Kier molecular flexibility index (Phi) is 5.05. The maximum absolute atomic E-state index is 11.4. The number of H-pyrrole nitrogens is 1. The first-order valence-electron chi connectivity index (χ1n) is 6.55. The SMILES string of the molecule is O=C(O)CCNC(=O)NCCc1c[nH]c2ccc(Cl)cc12. The molecule has 1 aromatic heterocycles. The maximum atomic E-state index is 11.4. The molecule has 21 heavy (non-hydrogen) atoms. The third-order valence-corrected chi connectivity index (χ3v) is 3.27. The lowest BCUT2D eigenvalue weighted by atomic mass is 10.1. The molecule has 4 N–H and O–H groups in total. The van der Waals surface area contributed by atoms with Gasteiger partial charge < -0.3 is 20.7 Å². The zero-order chi connectivity index (χ0) is 15.2. The Morgan fingerprint density at radius 2 is 2.00 bits per heavy atom. The first-order chi connectivity index (χ1) is 10.1. The fraction of sp³-hybridized carbons (Fsp3) is 0.286. The van der Waals surface area contributed by atoms with Gasteiger partial charge in [-0.2, -0.15) is 0 Å². The summed E-state index contributed by atoms with van der Waals surface area (Å²) in [5.74, 6) is -0.939. The number of carbonyl (C=O) groups excluding carboxylic acids is 1. The quantitative estimate of drug-likeness (QED) is 0.658. The minimum atomic E-state index is -0.939. The number of halogens is 1. The summed E-state index contributed by atoms with van der Waals surface area (Å²) >= 11 is 5.97. The summed E-state index contributed by atoms with van der Waals surface area (Å²) in [7, 11) is 0. The van der Waals surface area contributed by atoms with Gasteiger partial charge in [-0.1, -0.05) is 11.6 Å². The van der Waals surface area contributed by atoms with Crippen LogP contribution in [0.25, 0.3) is 10.9 Å². The van der Waals surface area contributed by atoms with Gasteiger partial charge in [0.05, 0.1) is 6.42 Å². The second kappa shape index (κ2) is 6.99. The van der Waals surface area contributed by atoms with Gasteiger partial charge in [-0.3, -0.25) is 4.79 Å². The Labute approximate surface area is 126 Å². The van der Waals surface area contributed by atoms with Crippen molar-refractivity contribution in [3.8, 4) is 0 Å². The van der Waals surface area contributed by atoms with Gasteiger partial charge in [0.1, 0.15) is 0 Å². The van der Waals surface area contributed by atoms with Crippen LogP contribution in [0.2, 0.25) is 5.02 Å². The number of carboxylic acid groups (broad SMARTS) is 1. The van der Waals surface area contributed by atoms with Gasteiger partial charge in [-0.05, 0) is 30.2 Å². The standard InChI is InChI=1S/C14H16ClN3O3/c15-10-1-2-12-11(7-10)9(8-18-12)3-5-16-14(21)17-6-4-13(19)20/h1-2,7-8,18H,3-6H2,(H,19,20)(H2,16,17,21). The van der Waals surface area contributed by atoms with E-state index in [-0.39, 0.29) is 19.0 Å². The minimum absolute atomic E-state index is 0.0889. The Morgan fingerprint density at radius 3 is 2.76 bits per heavy atom. The van der Waals surface area contributed by atoms with Crippen molar-refractivity contribution in [3.05, 3.63) is 35.0 Å². The van der Waals surface area contributed by atoms with Crippen molar-refractivity contribution >= 4 is 34.5 Å². The lowest BCUT2D eigenvalue weighted by molar-refractivity contribution is -0.136. The van der Waals surface area contributed by atoms with Crippen molar-refractivity contribution in [2.24, 2.45) is 0 Å². The molecule has 0 aliphatic heterocycles. The topological polar surface area (TPSA) is 94.2 Å². The second-order valence-corrected chi connectivity index (χ2v) is 5.02. The molecule has 112 valence electrons. The minimum Gasteiger partial charge on any atom is -0.481 e. The van der Waals surface area contributed by atoms with Gasteiger partial charge in [0.15, 0.2) is 0 Å². The largest absolute Gasteiger partial charge is 0.481 e. The highest BCUT2D eigenvalue weighted by atomic mass is 35.5. The highest BCUT2D eigenvalue weighted by Gasteiger charge is 2.06. The number of hydrogen-bond acceptors (Lipinski definition) is 2. The van der Waals surface area contributed by atoms with Crippen LogP contribution >= 0.6 is 11.6 Å². The van der Waals surface area contributed by atoms with E-state index in [0.29, 0.717) is 18.0 Å². The molecular weight excluding hydrogens is 294 g/mol. The molecule has 0 aliphatic rings. The lowest BCUT2D eigenvalue weighted by Gasteiger charge is -2.06. The maximum Gasteiger partial charge on any atom is 0.314 e. The lowest BCUT2D eigenvalue weighted by Crippen LogP contribution is -2.37. The zero-order valence-corrected chi connectivity index (χ0v) is 12.0. The van der Waals surface area contributed by atoms with Gasteiger partial charge >= 0.3 is 12.0 Å². The first-order valence-corrected chi connectivity index (χ1v) is 6.93. The second-order valence-electron chi connectivity index (χ2n) is 4.58. The molecule has 1 aromatic carbocycles. The predicted octanol–water partition coefficient (Wildman–Crippen LogP) is 2.14. The summed E-state index contributed by atoms with van der Waals surface area (Å²) in [6.45, 7) is 0.572. The number of aromatic nitrogens is 1. The fourth-order valence-corrected chi connectivity index (χ4v) is 2.19. The van der Waals surface area contributed by atoms with Crippen molar-refractivity contribution in [2.75, 3.05) is 13.1 Å². The van der Waals surface area contributed by atoms with Crippen LogP contribution in [0.4, 0.5) is 4.79 Å². The van der Waals surface area contributed by atoms with Gasteiger partial charge in [0.2, 0.25) is 0 Å². The van der Waals surface area contributed by atoms with E-state index in [1.165, 1.54) is 0 Å². The molecule has 2 aromatic rings. The van der Waals surface area contributed by atoms with E-state index >= 15 is 0 Å².